The second kappa shape index (κ2) is 10.8. The molecule has 33 heavy (non-hydrogen) atoms. The topological polar surface area (TPSA) is 96.0 Å². The molecule has 1 aliphatic heterocycles. The van der Waals surface area contributed by atoms with E-state index in [9.17, 15) is 19.2 Å². The number of amides is 3. The van der Waals surface area contributed by atoms with Gasteiger partial charge in [0, 0.05) is 32.2 Å². The van der Waals surface area contributed by atoms with Crippen molar-refractivity contribution >= 4 is 29.4 Å². The molecule has 0 saturated carbocycles. The molecule has 0 aromatic heterocycles. The molecule has 3 amide bonds. The lowest BCUT2D eigenvalue weighted by molar-refractivity contribution is -0.136. The number of hydrogen-bond donors (Lipinski definition) is 1. The molecule has 8 nitrogen and oxygen atoms in total. The molecular weight excluding hydrogens is 422 g/mol. The smallest absolute Gasteiger partial charge is 0.338 e. The number of ether oxygens (including phenoxy) is 1. The minimum Gasteiger partial charge on any atom is -0.452 e. The Labute approximate surface area is 193 Å². The summed E-state index contributed by atoms with van der Waals surface area (Å²) in [5.41, 5.74) is 3.84. The monoisotopic (exact) mass is 451 g/mol. The number of likely N-dealkylation sites (tertiary alicyclic amines) is 1. The Hall–Kier alpha value is -3.68. The van der Waals surface area contributed by atoms with Gasteiger partial charge in [0.1, 0.15) is 0 Å². The van der Waals surface area contributed by atoms with Gasteiger partial charge in [0.25, 0.3) is 5.91 Å². The standard InChI is InChI=1S/C25H29N3O5/c1-17-6-4-7-18(2)24(17)26-21(29)15-27(3)23(31)16-33-25(32)20-11-9-19(10-12-20)14-28-13-5-8-22(28)30/h4,6-7,9-12H,5,8,13-16H2,1-3H3,(H,26,29). The second-order valence-electron chi connectivity index (χ2n) is 8.26. The molecule has 0 atom stereocenters. The summed E-state index contributed by atoms with van der Waals surface area (Å²) in [6, 6.07) is 12.5. The van der Waals surface area contributed by atoms with Gasteiger partial charge in [-0.2, -0.15) is 0 Å². The van der Waals surface area contributed by atoms with E-state index < -0.39 is 18.5 Å². The summed E-state index contributed by atoms with van der Waals surface area (Å²) < 4.78 is 5.11. The highest BCUT2D eigenvalue weighted by molar-refractivity contribution is 5.96. The lowest BCUT2D eigenvalue weighted by Gasteiger charge is -2.18. The maximum Gasteiger partial charge on any atom is 0.338 e. The highest BCUT2D eigenvalue weighted by Gasteiger charge is 2.20. The first kappa shape index (κ1) is 24.0. The first-order valence-corrected chi connectivity index (χ1v) is 10.9. The molecule has 0 bridgehead atoms. The van der Waals surface area contributed by atoms with Crippen LogP contribution in [0.1, 0.15) is 39.9 Å². The van der Waals surface area contributed by atoms with Crippen molar-refractivity contribution in [1.82, 2.24) is 9.80 Å². The van der Waals surface area contributed by atoms with E-state index in [-0.39, 0.29) is 18.4 Å². The average molecular weight is 452 g/mol. The molecule has 1 saturated heterocycles. The Morgan fingerprint density at radius 1 is 1.06 bits per heavy atom. The van der Waals surface area contributed by atoms with Crippen molar-refractivity contribution in [3.05, 3.63) is 64.7 Å². The molecule has 3 rings (SSSR count). The van der Waals surface area contributed by atoms with Crippen molar-refractivity contribution in [1.29, 1.82) is 0 Å². The maximum absolute atomic E-state index is 12.3. The molecule has 174 valence electrons. The van der Waals surface area contributed by atoms with E-state index in [2.05, 4.69) is 5.32 Å². The van der Waals surface area contributed by atoms with Crippen LogP contribution >= 0.6 is 0 Å². The molecule has 2 aromatic rings. The maximum atomic E-state index is 12.3. The fourth-order valence-electron chi connectivity index (χ4n) is 3.65. The van der Waals surface area contributed by atoms with Crippen molar-refractivity contribution < 1.29 is 23.9 Å². The van der Waals surface area contributed by atoms with Crippen LogP contribution in [0.4, 0.5) is 5.69 Å². The van der Waals surface area contributed by atoms with Crippen molar-refractivity contribution in [3.8, 4) is 0 Å². The van der Waals surface area contributed by atoms with Crippen LogP contribution in [0.3, 0.4) is 0 Å². The molecule has 1 aliphatic rings. The van der Waals surface area contributed by atoms with Crippen LogP contribution in [0, 0.1) is 13.8 Å². The molecule has 0 aliphatic carbocycles. The van der Waals surface area contributed by atoms with Crippen LogP contribution in [0.25, 0.3) is 0 Å². The largest absolute Gasteiger partial charge is 0.452 e. The van der Waals surface area contributed by atoms with Crippen LogP contribution in [-0.4, -0.2) is 60.2 Å². The van der Waals surface area contributed by atoms with Gasteiger partial charge in [-0.25, -0.2) is 4.79 Å². The number of aryl methyl sites for hydroxylation is 2. The molecule has 1 heterocycles. The van der Waals surface area contributed by atoms with Gasteiger partial charge in [0.15, 0.2) is 6.61 Å². The predicted octanol–water partition coefficient (Wildman–Crippen LogP) is 2.68. The number of nitrogens with one attached hydrogen (secondary N) is 1. The fraction of sp³-hybridized carbons (Fsp3) is 0.360. The molecule has 1 N–H and O–H groups in total. The zero-order valence-electron chi connectivity index (χ0n) is 19.2. The van der Waals surface area contributed by atoms with Gasteiger partial charge in [0.05, 0.1) is 12.1 Å². The van der Waals surface area contributed by atoms with Crippen molar-refractivity contribution in [2.75, 3.05) is 32.1 Å². The number of carbonyl (C=O) groups is 4. The van der Waals surface area contributed by atoms with Gasteiger partial charge in [-0.05, 0) is 49.1 Å². The third-order valence-electron chi connectivity index (χ3n) is 5.61. The normalized spacial score (nSPS) is 13.1. The quantitative estimate of drug-likeness (QED) is 0.623. The van der Waals surface area contributed by atoms with Crippen LogP contribution in [0.2, 0.25) is 0 Å². The Morgan fingerprint density at radius 3 is 2.33 bits per heavy atom. The molecular formula is C25H29N3O5. The summed E-state index contributed by atoms with van der Waals surface area (Å²) in [5, 5.41) is 2.82. The number of likely N-dealkylation sites (N-methyl/N-ethyl adjacent to an activating group) is 1. The Bertz CT molecular complexity index is 1030. The Balaban J connectivity index is 1.45. The highest BCUT2D eigenvalue weighted by atomic mass is 16.5. The zero-order chi connectivity index (χ0) is 24.0. The second-order valence-corrected chi connectivity index (χ2v) is 8.26. The van der Waals surface area contributed by atoms with E-state index in [1.807, 2.05) is 32.0 Å². The Kier molecular flexibility index (Phi) is 7.82. The molecule has 2 aromatic carbocycles. The third-order valence-corrected chi connectivity index (χ3v) is 5.61. The molecule has 1 fully saturated rings. The number of hydrogen-bond acceptors (Lipinski definition) is 5. The first-order valence-electron chi connectivity index (χ1n) is 10.9. The summed E-state index contributed by atoms with van der Waals surface area (Å²) in [4.78, 5) is 51.7. The van der Waals surface area contributed by atoms with Gasteiger partial charge in [-0.1, -0.05) is 30.3 Å². The lowest BCUT2D eigenvalue weighted by atomic mass is 10.1. The van der Waals surface area contributed by atoms with Crippen LogP contribution in [0.5, 0.6) is 0 Å². The van der Waals surface area contributed by atoms with E-state index in [0.29, 0.717) is 18.5 Å². The van der Waals surface area contributed by atoms with Crippen molar-refractivity contribution in [2.24, 2.45) is 0 Å². The molecule has 0 radical (unpaired) electrons. The summed E-state index contributed by atoms with van der Waals surface area (Å²) in [6.07, 6.45) is 1.46. The minimum absolute atomic E-state index is 0.142. The van der Waals surface area contributed by atoms with E-state index in [1.54, 1.807) is 29.2 Å². The molecule has 0 unspecified atom stereocenters. The fourth-order valence-corrected chi connectivity index (χ4v) is 3.65. The van der Waals surface area contributed by atoms with E-state index >= 15 is 0 Å². The van der Waals surface area contributed by atoms with Gasteiger partial charge in [0.2, 0.25) is 11.8 Å². The number of nitrogens with zero attached hydrogens (tertiary/aromatic N) is 2. The first-order chi connectivity index (χ1) is 15.7. The number of rotatable bonds is 8. The van der Waals surface area contributed by atoms with E-state index in [0.717, 1.165) is 35.3 Å². The van der Waals surface area contributed by atoms with Crippen molar-refractivity contribution in [3.63, 3.8) is 0 Å². The van der Waals surface area contributed by atoms with Gasteiger partial charge in [-0.15, -0.1) is 0 Å². The number of anilines is 1. The summed E-state index contributed by atoms with van der Waals surface area (Å²) in [6.45, 7) is 4.44. The van der Waals surface area contributed by atoms with Gasteiger partial charge >= 0.3 is 5.97 Å². The molecule has 8 heteroatoms. The van der Waals surface area contributed by atoms with Gasteiger partial charge in [-0.3, -0.25) is 14.4 Å². The number of esters is 1. The Morgan fingerprint density at radius 2 is 1.73 bits per heavy atom. The predicted molar refractivity (Wildman–Crippen MR) is 124 cm³/mol. The van der Waals surface area contributed by atoms with Crippen LogP contribution in [0.15, 0.2) is 42.5 Å². The average Bonchev–Trinajstić information content (AvgIpc) is 3.19. The minimum atomic E-state index is -0.625. The van der Waals surface area contributed by atoms with Crippen LogP contribution in [-0.2, 0) is 25.7 Å². The summed E-state index contributed by atoms with van der Waals surface area (Å²) in [7, 11) is 1.48. The zero-order valence-corrected chi connectivity index (χ0v) is 19.2. The van der Waals surface area contributed by atoms with E-state index in [1.165, 1.54) is 11.9 Å². The van der Waals surface area contributed by atoms with Crippen LogP contribution < -0.4 is 5.32 Å². The number of benzene rings is 2. The summed E-state index contributed by atoms with van der Waals surface area (Å²) >= 11 is 0. The van der Waals surface area contributed by atoms with E-state index in [4.69, 9.17) is 4.74 Å². The number of carbonyl (C=O) groups excluding carboxylic acids is 4. The molecule has 0 spiro atoms. The van der Waals surface area contributed by atoms with Gasteiger partial charge < -0.3 is 19.9 Å². The summed E-state index contributed by atoms with van der Waals surface area (Å²) in [5.74, 6) is -1.30. The SMILES string of the molecule is Cc1cccc(C)c1NC(=O)CN(C)C(=O)COC(=O)c1ccc(CN2CCCC2=O)cc1. The third kappa shape index (κ3) is 6.41. The lowest BCUT2D eigenvalue weighted by Crippen LogP contribution is -2.37. The number of para-hydroxylation sites is 1. The highest BCUT2D eigenvalue weighted by Crippen LogP contribution is 2.19. The van der Waals surface area contributed by atoms with Crippen molar-refractivity contribution in [2.45, 2.75) is 33.2 Å².